The van der Waals surface area contributed by atoms with Gasteiger partial charge in [-0.1, -0.05) is 47.5 Å². The maximum Gasteiger partial charge on any atom is 0.216 e. The molecule has 32 heavy (non-hydrogen) atoms. The van der Waals surface area contributed by atoms with Crippen LogP contribution in [0.5, 0.6) is 11.5 Å². The van der Waals surface area contributed by atoms with Crippen molar-refractivity contribution in [3.05, 3.63) is 92.8 Å². The Labute approximate surface area is 197 Å². The Balaban J connectivity index is 1.91. The maximum absolute atomic E-state index is 12.8. The molecular formula is C24H19Cl2NO4S. The number of halogens is 2. The number of nitrogens with zero attached hydrogens (tertiary/aromatic N) is 1. The number of allylic oxidation sites excluding steroid dienone is 1. The van der Waals surface area contributed by atoms with Crippen molar-refractivity contribution in [3.63, 3.8) is 0 Å². The zero-order valence-electron chi connectivity index (χ0n) is 17.1. The average Bonchev–Trinajstić information content (AvgIpc) is 2.78. The zero-order chi connectivity index (χ0) is 23.1. The van der Waals surface area contributed by atoms with Crippen molar-refractivity contribution < 1.29 is 17.9 Å². The minimum absolute atomic E-state index is 0.0144. The Morgan fingerprint density at radius 3 is 2.38 bits per heavy atom. The third kappa shape index (κ3) is 5.63. The molecule has 0 N–H and O–H groups in total. The molecule has 0 aliphatic heterocycles. The summed E-state index contributed by atoms with van der Waals surface area (Å²) in [5, 5.41) is 10.5. The maximum atomic E-state index is 12.8. The Morgan fingerprint density at radius 1 is 1.00 bits per heavy atom. The number of rotatable bonds is 8. The van der Waals surface area contributed by atoms with Crippen molar-refractivity contribution in [3.8, 4) is 17.6 Å². The molecular weight excluding hydrogens is 469 g/mol. The van der Waals surface area contributed by atoms with Crippen LogP contribution < -0.4 is 9.47 Å². The minimum Gasteiger partial charge on any atom is -0.490 e. The van der Waals surface area contributed by atoms with Gasteiger partial charge in [-0.15, -0.1) is 0 Å². The monoisotopic (exact) mass is 487 g/mol. The van der Waals surface area contributed by atoms with Gasteiger partial charge in [0.1, 0.15) is 17.6 Å². The van der Waals surface area contributed by atoms with E-state index < -0.39 is 14.7 Å². The fourth-order valence-electron chi connectivity index (χ4n) is 2.83. The van der Waals surface area contributed by atoms with Gasteiger partial charge in [-0.25, -0.2) is 8.42 Å². The highest BCUT2D eigenvalue weighted by Crippen LogP contribution is 2.32. The highest BCUT2D eigenvalue weighted by Gasteiger charge is 2.21. The lowest BCUT2D eigenvalue weighted by Crippen LogP contribution is -2.04. The SMILES string of the molecule is CCOc1cc(C=C(C#N)S(=O)(=O)c2ccc(Cl)cc2)ccc1OCc1ccccc1Cl. The summed E-state index contributed by atoms with van der Waals surface area (Å²) in [4.78, 5) is -0.411. The van der Waals surface area contributed by atoms with Crippen LogP contribution in [0.1, 0.15) is 18.1 Å². The van der Waals surface area contributed by atoms with Gasteiger partial charge in [0.2, 0.25) is 9.84 Å². The number of ether oxygens (including phenoxy) is 2. The number of hydrogen-bond donors (Lipinski definition) is 0. The van der Waals surface area contributed by atoms with E-state index >= 15 is 0 Å². The Hall–Kier alpha value is -2.98. The van der Waals surface area contributed by atoms with E-state index in [4.69, 9.17) is 32.7 Å². The molecule has 0 aliphatic rings. The normalized spacial score (nSPS) is 11.6. The first-order chi connectivity index (χ1) is 15.3. The molecule has 0 aromatic heterocycles. The van der Waals surface area contributed by atoms with Crippen LogP contribution in [-0.2, 0) is 16.4 Å². The van der Waals surface area contributed by atoms with Gasteiger partial charge in [0.25, 0.3) is 0 Å². The first kappa shape index (κ1) is 23.7. The average molecular weight is 488 g/mol. The van der Waals surface area contributed by atoms with Crippen LogP contribution in [0.15, 0.2) is 76.5 Å². The first-order valence-corrected chi connectivity index (χ1v) is 11.8. The van der Waals surface area contributed by atoms with Crippen molar-refractivity contribution in [2.75, 3.05) is 6.61 Å². The topological polar surface area (TPSA) is 76.4 Å². The summed E-state index contributed by atoms with van der Waals surface area (Å²) in [6.45, 7) is 2.44. The van der Waals surface area contributed by atoms with Crippen molar-refractivity contribution in [2.45, 2.75) is 18.4 Å². The molecule has 164 valence electrons. The summed E-state index contributed by atoms with van der Waals surface area (Å²) in [5.41, 5.74) is 1.30. The van der Waals surface area contributed by atoms with Crippen molar-refractivity contribution in [1.29, 1.82) is 5.26 Å². The molecule has 3 aromatic carbocycles. The lowest BCUT2D eigenvalue weighted by molar-refractivity contribution is 0.269. The molecule has 3 rings (SSSR count). The largest absolute Gasteiger partial charge is 0.490 e. The lowest BCUT2D eigenvalue weighted by atomic mass is 10.2. The molecule has 0 saturated carbocycles. The molecule has 0 aliphatic carbocycles. The van der Waals surface area contributed by atoms with E-state index in [9.17, 15) is 13.7 Å². The van der Waals surface area contributed by atoms with Crippen LogP contribution in [0.2, 0.25) is 10.0 Å². The van der Waals surface area contributed by atoms with E-state index in [-0.39, 0.29) is 11.5 Å². The van der Waals surface area contributed by atoms with Gasteiger partial charge in [-0.3, -0.25) is 0 Å². The molecule has 3 aromatic rings. The van der Waals surface area contributed by atoms with Gasteiger partial charge in [0.05, 0.1) is 11.5 Å². The second kappa shape index (κ2) is 10.6. The summed E-state index contributed by atoms with van der Waals surface area (Å²) in [6, 6.07) is 19.7. The highest BCUT2D eigenvalue weighted by atomic mass is 35.5. The number of sulfone groups is 1. The molecule has 8 heteroatoms. The molecule has 0 atom stereocenters. The number of hydrogen-bond acceptors (Lipinski definition) is 5. The van der Waals surface area contributed by atoms with Gasteiger partial charge >= 0.3 is 0 Å². The van der Waals surface area contributed by atoms with Gasteiger partial charge in [0.15, 0.2) is 11.5 Å². The predicted octanol–water partition coefficient (Wildman–Crippen LogP) is 6.31. The first-order valence-electron chi connectivity index (χ1n) is 9.60. The lowest BCUT2D eigenvalue weighted by Gasteiger charge is -2.13. The molecule has 0 spiro atoms. The highest BCUT2D eigenvalue weighted by molar-refractivity contribution is 7.95. The molecule has 5 nitrogen and oxygen atoms in total. The molecule has 0 fully saturated rings. The van der Waals surface area contributed by atoms with Gasteiger partial charge < -0.3 is 9.47 Å². The van der Waals surface area contributed by atoms with Gasteiger partial charge in [-0.05, 0) is 61.0 Å². The Morgan fingerprint density at radius 2 is 1.72 bits per heavy atom. The third-order valence-electron chi connectivity index (χ3n) is 4.43. The van der Waals surface area contributed by atoms with E-state index in [1.165, 1.54) is 30.3 Å². The molecule has 0 amide bonds. The molecule has 0 saturated heterocycles. The summed E-state index contributed by atoms with van der Waals surface area (Å²) in [6.07, 6.45) is 1.30. The third-order valence-corrected chi connectivity index (χ3v) is 6.73. The van der Waals surface area contributed by atoms with Crippen LogP contribution in [0.25, 0.3) is 6.08 Å². The fraction of sp³-hybridized carbons (Fsp3) is 0.125. The smallest absolute Gasteiger partial charge is 0.216 e. The molecule has 0 unspecified atom stereocenters. The van der Waals surface area contributed by atoms with E-state index in [1.54, 1.807) is 30.3 Å². The van der Waals surface area contributed by atoms with E-state index in [1.807, 2.05) is 25.1 Å². The minimum atomic E-state index is -4.00. The van der Waals surface area contributed by atoms with E-state index in [2.05, 4.69) is 0 Å². The van der Waals surface area contributed by atoms with Crippen LogP contribution in [0.3, 0.4) is 0 Å². The van der Waals surface area contributed by atoms with Crippen LogP contribution in [0.4, 0.5) is 0 Å². The zero-order valence-corrected chi connectivity index (χ0v) is 19.4. The Bertz CT molecular complexity index is 1280. The van der Waals surface area contributed by atoms with Crippen molar-refractivity contribution >= 4 is 39.1 Å². The van der Waals surface area contributed by atoms with Crippen LogP contribution in [0, 0.1) is 11.3 Å². The standard InChI is InChI=1S/C24H19Cl2NO4S/c1-2-30-24-14-17(7-12-23(24)31-16-18-5-3-4-6-22(18)26)13-21(15-27)32(28,29)20-10-8-19(25)9-11-20/h3-14H,2,16H2,1H3. The fourth-order valence-corrected chi connectivity index (χ4v) is 4.31. The van der Waals surface area contributed by atoms with Gasteiger partial charge in [0, 0.05) is 15.6 Å². The van der Waals surface area contributed by atoms with E-state index in [0.717, 1.165) is 5.56 Å². The summed E-state index contributed by atoms with van der Waals surface area (Å²) < 4.78 is 37.2. The summed E-state index contributed by atoms with van der Waals surface area (Å²) >= 11 is 12.0. The number of nitriles is 1. The summed E-state index contributed by atoms with van der Waals surface area (Å²) in [7, 11) is -4.00. The van der Waals surface area contributed by atoms with E-state index in [0.29, 0.717) is 33.7 Å². The van der Waals surface area contributed by atoms with Crippen molar-refractivity contribution in [1.82, 2.24) is 0 Å². The second-order valence-corrected chi connectivity index (χ2v) is 9.36. The van der Waals surface area contributed by atoms with Gasteiger partial charge in [-0.2, -0.15) is 5.26 Å². The molecule has 0 bridgehead atoms. The van der Waals surface area contributed by atoms with Crippen LogP contribution >= 0.6 is 23.2 Å². The predicted molar refractivity (Wildman–Crippen MR) is 126 cm³/mol. The van der Waals surface area contributed by atoms with Crippen molar-refractivity contribution in [2.24, 2.45) is 0 Å². The number of benzene rings is 3. The second-order valence-electron chi connectivity index (χ2n) is 6.60. The molecule has 0 heterocycles. The Kier molecular flexibility index (Phi) is 7.81. The summed E-state index contributed by atoms with van der Waals surface area (Å²) in [5.74, 6) is 0.900. The quantitative estimate of drug-likeness (QED) is 0.348. The molecule has 0 radical (unpaired) electrons. The van der Waals surface area contributed by atoms with Crippen LogP contribution in [-0.4, -0.2) is 15.0 Å².